The van der Waals surface area contributed by atoms with Crippen LogP contribution in [0.2, 0.25) is 18.1 Å². The van der Waals surface area contributed by atoms with Gasteiger partial charge in [-0.2, -0.15) is 0 Å². The van der Waals surface area contributed by atoms with Gasteiger partial charge in [0, 0.05) is 11.5 Å². The van der Waals surface area contributed by atoms with Crippen LogP contribution in [-0.4, -0.2) is 45.8 Å². The number of hydrogen-bond acceptors (Lipinski definition) is 5. The summed E-state index contributed by atoms with van der Waals surface area (Å²) in [5, 5.41) is 9.95. The summed E-state index contributed by atoms with van der Waals surface area (Å²) < 4.78 is 25.4. The van der Waals surface area contributed by atoms with Crippen molar-refractivity contribution in [2.75, 3.05) is 20.8 Å². The Morgan fingerprint density at radius 2 is 1.67 bits per heavy atom. The van der Waals surface area contributed by atoms with Crippen LogP contribution < -0.4 is 9.47 Å². The molecule has 2 aromatic carbocycles. The zero-order chi connectivity index (χ0) is 31.1. The van der Waals surface area contributed by atoms with E-state index in [0.717, 1.165) is 41.9 Å². The zero-order valence-corrected chi connectivity index (χ0v) is 27.9. The van der Waals surface area contributed by atoms with Crippen molar-refractivity contribution in [3.05, 3.63) is 83.5 Å². The Morgan fingerprint density at radius 1 is 1.05 bits per heavy atom. The lowest BCUT2D eigenvalue weighted by Crippen LogP contribution is -2.45. The third kappa shape index (κ3) is 8.15. The molecule has 1 aliphatic rings. The van der Waals surface area contributed by atoms with Gasteiger partial charge in [-0.1, -0.05) is 75.4 Å². The Morgan fingerprint density at radius 3 is 2.21 bits per heavy atom. The standard InChI is InChI=1S/C35H50O6Si/c1-25-30(38-6)22-28(23-31(25)39-7)32(41-42(8,9)34(2,3)4)27(19-15-18-26-16-11-10-12-17-26)24-40-35(5)21-14-13-20-29(35)33(36)37/h10-14,16-17,20-23,27,29,32H,15,18-19,24H2,1-9H3,(H,36,37)/t27-,29?,32-,35?/m0/s1. The van der Waals surface area contributed by atoms with Crippen LogP contribution >= 0.6 is 0 Å². The summed E-state index contributed by atoms with van der Waals surface area (Å²) in [5.74, 6) is -0.232. The van der Waals surface area contributed by atoms with Gasteiger partial charge in [0.25, 0.3) is 0 Å². The third-order valence-electron chi connectivity index (χ3n) is 8.98. The molecule has 6 nitrogen and oxygen atoms in total. The number of aliphatic carboxylic acids is 1. The summed E-state index contributed by atoms with van der Waals surface area (Å²) in [6.45, 7) is 15.4. The molecule has 0 heterocycles. The topological polar surface area (TPSA) is 74.2 Å². The molecule has 7 heteroatoms. The first-order valence-corrected chi connectivity index (χ1v) is 17.8. The molecular formula is C35H50O6Si. The lowest BCUT2D eigenvalue weighted by Gasteiger charge is -2.43. The molecule has 0 aromatic heterocycles. The number of ether oxygens (including phenoxy) is 3. The minimum absolute atomic E-state index is 0.0170. The highest BCUT2D eigenvalue weighted by atomic mass is 28.4. The normalized spacial score (nSPS) is 20.3. The van der Waals surface area contributed by atoms with Crippen molar-refractivity contribution < 1.29 is 28.5 Å². The SMILES string of the molecule is COc1cc([C@@H](O[Si](C)(C)C(C)(C)C)[C@@H](CCCc2ccccc2)COC2(C)C=CC=CC2C(=O)O)cc(OC)c1C. The van der Waals surface area contributed by atoms with E-state index in [2.05, 4.69) is 70.3 Å². The van der Waals surface area contributed by atoms with Gasteiger partial charge in [-0.15, -0.1) is 0 Å². The smallest absolute Gasteiger partial charge is 0.313 e. The fourth-order valence-corrected chi connectivity index (χ4v) is 6.52. The number of benzene rings is 2. The Bertz CT molecular complexity index is 1220. The molecule has 0 bridgehead atoms. The predicted octanol–water partition coefficient (Wildman–Crippen LogP) is 8.32. The molecule has 230 valence electrons. The van der Waals surface area contributed by atoms with Crippen LogP contribution in [-0.2, 0) is 20.4 Å². The number of rotatable bonds is 14. The maximum atomic E-state index is 12.2. The maximum Gasteiger partial charge on any atom is 0.313 e. The summed E-state index contributed by atoms with van der Waals surface area (Å²) in [6, 6.07) is 14.6. The van der Waals surface area contributed by atoms with Gasteiger partial charge >= 0.3 is 5.97 Å². The molecule has 0 saturated heterocycles. The van der Waals surface area contributed by atoms with Gasteiger partial charge in [-0.25, -0.2) is 0 Å². The van der Waals surface area contributed by atoms with Gasteiger partial charge in [0.2, 0.25) is 0 Å². The average Bonchev–Trinajstić information content (AvgIpc) is 2.94. The van der Waals surface area contributed by atoms with E-state index in [1.165, 1.54) is 5.56 Å². The number of methoxy groups -OCH3 is 2. The van der Waals surface area contributed by atoms with E-state index in [1.807, 2.05) is 32.1 Å². The number of carbonyl (C=O) groups is 1. The zero-order valence-electron chi connectivity index (χ0n) is 26.9. The average molecular weight is 595 g/mol. The highest BCUT2D eigenvalue weighted by Crippen LogP contribution is 2.45. The fraction of sp³-hybridized carbons (Fsp3) is 0.514. The molecule has 2 unspecified atom stereocenters. The molecule has 0 radical (unpaired) electrons. The molecule has 0 fully saturated rings. The van der Waals surface area contributed by atoms with Crippen LogP contribution in [0.5, 0.6) is 11.5 Å². The number of allylic oxidation sites excluding steroid dienone is 2. The summed E-state index contributed by atoms with van der Waals surface area (Å²) in [4.78, 5) is 12.2. The van der Waals surface area contributed by atoms with E-state index in [1.54, 1.807) is 26.4 Å². The van der Waals surface area contributed by atoms with Crippen LogP contribution in [0.1, 0.15) is 63.3 Å². The van der Waals surface area contributed by atoms with Gasteiger partial charge in [0.15, 0.2) is 8.32 Å². The summed E-state index contributed by atoms with van der Waals surface area (Å²) in [7, 11) is 1.08. The van der Waals surface area contributed by atoms with Gasteiger partial charge in [-0.3, -0.25) is 4.79 Å². The monoisotopic (exact) mass is 594 g/mol. The van der Waals surface area contributed by atoms with E-state index in [-0.39, 0.29) is 17.1 Å². The minimum Gasteiger partial charge on any atom is -0.496 e. The third-order valence-corrected chi connectivity index (χ3v) is 13.4. The number of hydrogen-bond donors (Lipinski definition) is 1. The largest absolute Gasteiger partial charge is 0.496 e. The lowest BCUT2D eigenvalue weighted by atomic mass is 9.84. The van der Waals surface area contributed by atoms with E-state index in [4.69, 9.17) is 18.6 Å². The van der Waals surface area contributed by atoms with E-state index in [0.29, 0.717) is 6.61 Å². The summed E-state index contributed by atoms with van der Waals surface area (Å²) in [5.41, 5.74) is 2.23. The first-order valence-electron chi connectivity index (χ1n) is 14.9. The highest BCUT2D eigenvalue weighted by Gasteiger charge is 2.43. The van der Waals surface area contributed by atoms with Crippen LogP contribution in [0, 0.1) is 18.8 Å². The minimum atomic E-state index is -2.26. The molecule has 0 spiro atoms. The lowest BCUT2D eigenvalue weighted by molar-refractivity contribution is -0.150. The molecule has 0 aliphatic heterocycles. The van der Waals surface area contributed by atoms with Crippen molar-refractivity contribution in [3.63, 3.8) is 0 Å². The van der Waals surface area contributed by atoms with Crippen molar-refractivity contribution in [1.82, 2.24) is 0 Å². The van der Waals surface area contributed by atoms with Gasteiger partial charge < -0.3 is 23.7 Å². The van der Waals surface area contributed by atoms with Crippen molar-refractivity contribution in [3.8, 4) is 11.5 Å². The Hall–Kier alpha value is -2.87. The first-order chi connectivity index (χ1) is 19.7. The van der Waals surface area contributed by atoms with Crippen LogP contribution in [0.25, 0.3) is 0 Å². The Labute approximate surface area is 253 Å². The Kier molecular flexibility index (Phi) is 11.3. The van der Waals surface area contributed by atoms with Gasteiger partial charge in [0.05, 0.1) is 26.9 Å². The molecule has 2 aromatic rings. The van der Waals surface area contributed by atoms with Crippen LogP contribution in [0.15, 0.2) is 66.8 Å². The second kappa shape index (κ2) is 14.1. The molecule has 0 saturated carbocycles. The van der Waals surface area contributed by atoms with Gasteiger partial charge in [-0.05, 0) is 74.5 Å². The summed E-state index contributed by atoms with van der Waals surface area (Å²) >= 11 is 0. The summed E-state index contributed by atoms with van der Waals surface area (Å²) in [6.07, 6.45) is 9.59. The van der Waals surface area contributed by atoms with Gasteiger partial charge in [0.1, 0.15) is 23.0 Å². The van der Waals surface area contributed by atoms with E-state index < -0.39 is 25.8 Å². The second-order valence-corrected chi connectivity index (χ2v) is 17.8. The first kappa shape index (κ1) is 33.6. The fourth-order valence-electron chi connectivity index (χ4n) is 5.21. The molecule has 0 amide bonds. The van der Waals surface area contributed by atoms with Crippen molar-refractivity contribution in [2.45, 2.75) is 83.7 Å². The molecule has 42 heavy (non-hydrogen) atoms. The molecule has 1 N–H and O–H groups in total. The number of carboxylic acids is 1. The molecule has 4 atom stereocenters. The quantitative estimate of drug-likeness (QED) is 0.222. The second-order valence-electron chi connectivity index (χ2n) is 13.0. The highest BCUT2D eigenvalue weighted by molar-refractivity contribution is 6.74. The van der Waals surface area contributed by atoms with Crippen molar-refractivity contribution in [1.29, 1.82) is 0 Å². The molecule has 3 rings (SSSR count). The predicted molar refractivity (Wildman–Crippen MR) is 172 cm³/mol. The van der Waals surface area contributed by atoms with Crippen molar-refractivity contribution in [2.24, 2.45) is 11.8 Å². The molecular weight excluding hydrogens is 544 g/mol. The maximum absolute atomic E-state index is 12.2. The Balaban J connectivity index is 2.06. The van der Waals surface area contributed by atoms with Crippen molar-refractivity contribution >= 4 is 14.3 Å². The van der Waals surface area contributed by atoms with Crippen LogP contribution in [0.3, 0.4) is 0 Å². The van der Waals surface area contributed by atoms with E-state index in [9.17, 15) is 9.90 Å². The van der Waals surface area contributed by atoms with E-state index >= 15 is 0 Å². The number of aryl methyl sites for hydroxylation is 1. The number of carboxylic acid groups (broad SMARTS) is 1. The van der Waals surface area contributed by atoms with Crippen LogP contribution in [0.4, 0.5) is 0 Å². The molecule has 1 aliphatic carbocycles.